The largest absolute Gasteiger partial charge is 0.494 e. The molecule has 3 aromatic rings. The molecule has 0 N–H and O–H groups in total. The van der Waals surface area contributed by atoms with Gasteiger partial charge in [0.25, 0.3) is 5.91 Å². The van der Waals surface area contributed by atoms with Gasteiger partial charge in [-0.25, -0.2) is 13.4 Å². The lowest BCUT2D eigenvalue weighted by atomic mass is 10.2. The van der Waals surface area contributed by atoms with E-state index in [0.29, 0.717) is 29.4 Å². The number of ether oxygens (including phenoxy) is 1. The minimum Gasteiger partial charge on any atom is -0.494 e. The second kappa shape index (κ2) is 10.6. The summed E-state index contributed by atoms with van der Waals surface area (Å²) >= 11 is 1.41. The fourth-order valence-electron chi connectivity index (χ4n) is 3.32. The molecule has 0 bridgehead atoms. The van der Waals surface area contributed by atoms with Gasteiger partial charge in [-0.15, -0.1) is 12.4 Å². The Balaban J connectivity index is 0.00000363. The fourth-order valence-corrected chi connectivity index (χ4v) is 5.28. The Kier molecular flexibility index (Phi) is 8.64. The van der Waals surface area contributed by atoms with Crippen LogP contribution in [-0.4, -0.2) is 64.8 Å². The molecule has 0 atom stereocenters. The van der Waals surface area contributed by atoms with Crippen LogP contribution in [0.5, 0.6) is 5.75 Å². The molecule has 0 spiro atoms. The molecule has 1 heterocycles. The van der Waals surface area contributed by atoms with Gasteiger partial charge in [-0.05, 0) is 57.7 Å². The number of nitrogens with zero attached hydrogens (tertiary/aromatic N) is 3. The summed E-state index contributed by atoms with van der Waals surface area (Å²) in [6.45, 7) is 3.18. The number of sulfone groups is 1. The second-order valence-corrected chi connectivity index (χ2v) is 10.6. The Bertz CT molecular complexity index is 1210. The number of carbonyl (C=O) groups excluding carboxylic acids is 1. The van der Waals surface area contributed by atoms with E-state index in [1.165, 1.54) is 17.4 Å². The molecular weight excluding hydrogens is 470 g/mol. The lowest BCUT2D eigenvalue weighted by Gasteiger charge is -2.22. The zero-order chi connectivity index (χ0) is 22.8. The summed E-state index contributed by atoms with van der Waals surface area (Å²) < 4.78 is 31.0. The highest BCUT2D eigenvalue weighted by molar-refractivity contribution is 7.90. The smallest absolute Gasteiger partial charge is 0.261 e. The number of aryl methyl sites for hydroxylation is 1. The number of anilines is 1. The number of carbonyl (C=O) groups is 1. The Morgan fingerprint density at radius 2 is 1.81 bits per heavy atom. The average molecular weight is 498 g/mol. The topological polar surface area (TPSA) is 79.8 Å². The molecule has 2 aromatic carbocycles. The van der Waals surface area contributed by atoms with Crippen molar-refractivity contribution in [3.63, 3.8) is 0 Å². The van der Waals surface area contributed by atoms with E-state index in [1.807, 2.05) is 38.1 Å². The quantitative estimate of drug-likeness (QED) is 0.467. The first-order valence-corrected chi connectivity index (χ1v) is 12.5. The van der Waals surface area contributed by atoms with Gasteiger partial charge in [-0.3, -0.25) is 9.69 Å². The number of fused-ring (bicyclic) bond motifs is 1. The van der Waals surface area contributed by atoms with Gasteiger partial charge in [0.15, 0.2) is 15.0 Å². The summed E-state index contributed by atoms with van der Waals surface area (Å²) in [6.07, 6.45) is 1.83. The fraction of sp³-hybridized carbons (Fsp3) is 0.364. The molecule has 0 aliphatic rings. The Labute approximate surface area is 199 Å². The maximum absolute atomic E-state index is 13.6. The third-order valence-corrected chi connectivity index (χ3v) is 7.26. The number of aromatic nitrogens is 1. The van der Waals surface area contributed by atoms with E-state index in [0.717, 1.165) is 23.1 Å². The van der Waals surface area contributed by atoms with Gasteiger partial charge in [0, 0.05) is 12.8 Å². The van der Waals surface area contributed by atoms with E-state index in [9.17, 15) is 13.2 Å². The Morgan fingerprint density at radius 1 is 1.12 bits per heavy atom. The van der Waals surface area contributed by atoms with E-state index < -0.39 is 9.84 Å². The molecule has 0 aliphatic heterocycles. The van der Waals surface area contributed by atoms with Gasteiger partial charge in [0.05, 0.1) is 22.3 Å². The molecule has 3 rings (SSSR count). The molecule has 0 radical (unpaired) electrons. The third kappa shape index (κ3) is 5.58. The lowest BCUT2D eigenvalue weighted by Crippen LogP contribution is -2.34. The highest BCUT2D eigenvalue weighted by atomic mass is 35.5. The van der Waals surface area contributed by atoms with Gasteiger partial charge in [-0.1, -0.05) is 29.5 Å². The molecule has 0 fully saturated rings. The van der Waals surface area contributed by atoms with Crippen molar-refractivity contribution in [2.45, 2.75) is 18.2 Å². The van der Waals surface area contributed by atoms with Crippen LogP contribution >= 0.6 is 23.7 Å². The molecule has 7 nitrogen and oxygen atoms in total. The number of thiazole rings is 1. The summed E-state index contributed by atoms with van der Waals surface area (Å²) in [5.74, 6) is 0.260. The number of hydrogen-bond acceptors (Lipinski definition) is 7. The van der Waals surface area contributed by atoms with Crippen molar-refractivity contribution in [1.82, 2.24) is 9.88 Å². The van der Waals surface area contributed by atoms with Crippen LogP contribution in [0.15, 0.2) is 41.3 Å². The molecular formula is C22H28ClN3O4S2. The summed E-state index contributed by atoms with van der Waals surface area (Å²) in [4.78, 5) is 21.9. The number of benzene rings is 2. The summed E-state index contributed by atoms with van der Waals surface area (Å²) in [7, 11) is 1.96. The number of amides is 1. The molecule has 174 valence electrons. The summed E-state index contributed by atoms with van der Waals surface area (Å²) in [5, 5.41) is 0.523. The Morgan fingerprint density at radius 3 is 2.44 bits per heavy atom. The lowest BCUT2D eigenvalue weighted by molar-refractivity contribution is 0.0983. The van der Waals surface area contributed by atoms with Gasteiger partial charge >= 0.3 is 0 Å². The van der Waals surface area contributed by atoms with Crippen LogP contribution in [0.3, 0.4) is 0 Å². The van der Waals surface area contributed by atoms with Crippen LogP contribution in [0.1, 0.15) is 22.3 Å². The molecule has 1 aromatic heterocycles. The number of rotatable bonds is 8. The molecule has 0 unspecified atom stereocenters. The average Bonchev–Trinajstić information content (AvgIpc) is 3.16. The van der Waals surface area contributed by atoms with E-state index in [-0.39, 0.29) is 28.8 Å². The highest BCUT2D eigenvalue weighted by Crippen LogP contribution is 2.37. The minimum absolute atomic E-state index is 0. The van der Waals surface area contributed by atoms with Crippen molar-refractivity contribution in [1.29, 1.82) is 0 Å². The molecule has 10 heteroatoms. The van der Waals surface area contributed by atoms with Crippen molar-refractivity contribution in [2.75, 3.05) is 45.5 Å². The summed E-state index contributed by atoms with van der Waals surface area (Å²) in [5.41, 5.74) is 1.89. The third-order valence-electron chi connectivity index (χ3n) is 4.89. The van der Waals surface area contributed by atoms with E-state index in [1.54, 1.807) is 30.2 Å². The number of hydrogen-bond donors (Lipinski definition) is 0. The van der Waals surface area contributed by atoms with Crippen LogP contribution < -0.4 is 9.64 Å². The Hall–Kier alpha value is -2.20. The minimum atomic E-state index is -3.56. The summed E-state index contributed by atoms with van der Waals surface area (Å²) in [6, 6.07) is 10.1. The number of halogens is 1. The first kappa shape index (κ1) is 26.1. The maximum Gasteiger partial charge on any atom is 0.261 e. The van der Waals surface area contributed by atoms with Crippen molar-refractivity contribution < 1.29 is 17.9 Å². The molecule has 1 amide bonds. The van der Waals surface area contributed by atoms with Crippen LogP contribution in [0.4, 0.5) is 5.13 Å². The van der Waals surface area contributed by atoms with Gasteiger partial charge in [-0.2, -0.15) is 0 Å². The van der Waals surface area contributed by atoms with Crippen molar-refractivity contribution >= 4 is 54.8 Å². The predicted octanol–water partition coefficient (Wildman–Crippen LogP) is 4.04. The zero-order valence-electron chi connectivity index (χ0n) is 18.8. The number of methoxy groups -OCH3 is 1. The van der Waals surface area contributed by atoms with Gasteiger partial charge in [0.2, 0.25) is 0 Å². The first-order chi connectivity index (χ1) is 14.6. The maximum atomic E-state index is 13.6. The van der Waals surface area contributed by atoms with Crippen LogP contribution in [0, 0.1) is 6.92 Å². The van der Waals surface area contributed by atoms with Crippen LogP contribution in [-0.2, 0) is 9.84 Å². The highest BCUT2D eigenvalue weighted by Gasteiger charge is 2.26. The zero-order valence-corrected chi connectivity index (χ0v) is 21.2. The standard InChI is InChI=1S/C22H27N3O4S2.ClH/c1-15-11-12-17(29-4)19-20(15)30-22(23-19)25(14-8-13-24(2)3)21(26)16-9-6-7-10-18(16)31(5,27)28;/h6-7,9-12H,8,13-14H2,1-5H3;1H. The molecule has 32 heavy (non-hydrogen) atoms. The van der Waals surface area contributed by atoms with Crippen molar-refractivity contribution in [2.24, 2.45) is 0 Å². The normalized spacial score (nSPS) is 11.4. The van der Waals surface area contributed by atoms with Crippen molar-refractivity contribution in [3.8, 4) is 5.75 Å². The van der Waals surface area contributed by atoms with E-state index >= 15 is 0 Å². The SMILES string of the molecule is COc1ccc(C)c2sc(N(CCCN(C)C)C(=O)c3ccccc3S(C)(=O)=O)nc12.Cl. The van der Waals surface area contributed by atoms with Gasteiger partial charge in [0.1, 0.15) is 11.3 Å². The first-order valence-electron chi connectivity index (χ1n) is 9.83. The van der Waals surface area contributed by atoms with Crippen molar-refractivity contribution in [3.05, 3.63) is 47.5 Å². The monoisotopic (exact) mass is 497 g/mol. The van der Waals surface area contributed by atoms with E-state index in [2.05, 4.69) is 0 Å². The molecule has 0 aliphatic carbocycles. The molecule has 0 saturated carbocycles. The van der Waals surface area contributed by atoms with Crippen LogP contribution in [0.2, 0.25) is 0 Å². The van der Waals surface area contributed by atoms with E-state index in [4.69, 9.17) is 9.72 Å². The predicted molar refractivity (Wildman–Crippen MR) is 133 cm³/mol. The second-order valence-electron chi connectivity index (χ2n) is 7.64. The van der Waals surface area contributed by atoms with Crippen LogP contribution in [0.25, 0.3) is 10.2 Å². The molecule has 0 saturated heterocycles. The van der Waals surface area contributed by atoms with Gasteiger partial charge < -0.3 is 9.64 Å².